The zero-order valence-corrected chi connectivity index (χ0v) is 15.4. The summed E-state index contributed by atoms with van der Waals surface area (Å²) in [7, 11) is 4.79. The van der Waals surface area contributed by atoms with E-state index in [1.165, 1.54) is 0 Å². The highest BCUT2D eigenvalue weighted by atomic mass is 32.1. The van der Waals surface area contributed by atoms with E-state index in [-0.39, 0.29) is 0 Å². The molecule has 0 fully saturated rings. The Morgan fingerprint density at radius 1 is 1.04 bits per heavy atom. The highest BCUT2D eigenvalue weighted by Crippen LogP contribution is 2.31. The molecule has 0 unspecified atom stereocenters. The molecule has 0 bridgehead atoms. The fourth-order valence-electron chi connectivity index (χ4n) is 2.41. The molecular weight excluding hydrogens is 352 g/mol. The lowest BCUT2D eigenvalue weighted by atomic mass is 10.2. The molecule has 1 N–H and O–H groups in total. The van der Waals surface area contributed by atoms with Crippen LogP contribution in [0.5, 0.6) is 17.2 Å². The molecule has 1 aromatic heterocycles. The van der Waals surface area contributed by atoms with Gasteiger partial charge in [0.1, 0.15) is 5.75 Å². The van der Waals surface area contributed by atoms with Crippen LogP contribution >= 0.6 is 12.2 Å². The van der Waals surface area contributed by atoms with E-state index < -0.39 is 0 Å². The summed E-state index contributed by atoms with van der Waals surface area (Å²) >= 11 is 5.30. The van der Waals surface area contributed by atoms with Gasteiger partial charge < -0.3 is 14.2 Å². The number of rotatable bonds is 6. The van der Waals surface area contributed by atoms with Gasteiger partial charge >= 0.3 is 0 Å². The molecular formula is C18H18N4O3S. The van der Waals surface area contributed by atoms with Crippen LogP contribution in [0.4, 0.5) is 0 Å². The Bertz CT molecular complexity index is 994. The Morgan fingerprint density at radius 3 is 2.58 bits per heavy atom. The van der Waals surface area contributed by atoms with Gasteiger partial charge in [-0.3, -0.25) is 0 Å². The molecule has 3 aromatic rings. The second-order valence-electron chi connectivity index (χ2n) is 5.26. The number of H-pyrrole nitrogens is 1. The summed E-state index contributed by atoms with van der Waals surface area (Å²) in [6.45, 7) is 0. The topological polar surface area (TPSA) is 73.7 Å². The molecule has 134 valence electrons. The number of benzene rings is 2. The number of nitrogens with one attached hydrogen (secondary N) is 1. The van der Waals surface area contributed by atoms with Crippen LogP contribution in [0, 0.1) is 4.77 Å². The second kappa shape index (κ2) is 7.83. The molecule has 0 amide bonds. The number of methoxy groups -OCH3 is 3. The predicted molar refractivity (Wildman–Crippen MR) is 102 cm³/mol. The van der Waals surface area contributed by atoms with Crippen molar-refractivity contribution in [2.45, 2.75) is 0 Å². The Hall–Kier alpha value is -3.13. The van der Waals surface area contributed by atoms with Crippen molar-refractivity contribution in [3.05, 3.63) is 52.8 Å². The molecule has 0 aliphatic carbocycles. The molecule has 26 heavy (non-hydrogen) atoms. The van der Waals surface area contributed by atoms with Crippen molar-refractivity contribution < 1.29 is 14.2 Å². The predicted octanol–water partition coefficient (Wildman–Crippen LogP) is 3.52. The first kappa shape index (κ1) is 17.7. The summed E-state index contributed by atoms with van der Waals surface area (Å²) in [6, 6.07) is 13.1. The van der Waals surface area contributed by atoms with E-state index in [1.807, 2.05) is 42.5 Å². The molecule has 0 aliphatic rings. The van der Waals surface area contributed by atoms with Crippen molar-refractivity contribution in [3.63, 3.8) is 0 Å². The minimum Gasteiger partial charge on any atom is -0.497 e. The van der Waals surface area contributed by atoms with E-state index in [0.29, 0.717) is 22.1 Å². The highest BCUT2D eigenvalue weighted by molar-refractivity contribution is 7.71. The van der Waals surface area contributed by atoms with Crippen molar-refractivity contribution in [2.75, 3.05) is 21.3 Å². The molecule has 0 saturated carbocycles. The number of hydrogen-bond acceptors (Lipinski definition) is 6. The number of nitrogens with zero attached hydrogens (tertiary/aromatic N) is 3. The zero-order chi connectivity index (χ0) is 18.5. The Kier molecular flexibility index (Phi) is 5.33. The number of hydrogen-bond donors (Lipinski definition) is 1. The van der Waals surface area contributed by atoms with Gasteiger partial charge in [-0.05, 0) is 48.1 Å². The molecule has 0 radical (unpaired) electrons. The average molecular weight is 370 g/mol. The third-order valence-electron chi connectivity index (χ3n) is 3.71. The largest absolute Gasteiger partial charge is 0.497 e. The van der Waals surface area contributed by atoms with E-state index in [0.717, 1.165) is 16.9 Å². The monoisotopic (exact) mass is 370 g/mol. The lowest BCUT2D eigenvalue weighted by molar-refractivity contribution is 0.355. The van der Waals surface area contributed by atoms with E-state index >= 15 is 0 Å². The summed E-state index contributed by atoms with van der Waals surface area (Å²) < 4.78 is 17.8. The molecule has 0 saturated heterocycles. The molecule has 8 heteroatoms. The van der Waals surface area contributed by atoms with Crippen LogP contribution in [0.25, 0.3) is 11.4 Å². The van der Waals surface area contributed by atoms with Gasteiger partial charge in [-0.15, -0.1) is 0 Å². The Labute approximate surface area is 155 Å². The number of aromatic nitrogens is 3. The fourth-order valence-corrected chi connectivity index (χ4v) is 2.59. The summed E-state index contributed by atoms with van der Waals surface area (Å²) in [6.07, 6.45) is 1.69. The van der Waals surface area contributed by atoms with Crippen molar-refractivity contribution in [2.24, 2.45) is 5.10 Å². The quantitative estimate of drug-likeness (QED) is 0.531. The van der Waals surface area contributed by atoms with Gasteiger partial charge in [0.2, 0.25) is 4.77 Å². The average Bonchev–Trinajstić information content (AvgIpc) is 3.06. The van der Waals surface area contributed by atoms with E-state index in [2.05, 4.69) is 15.3 Å². The fraction of sp³-hybridized carbons (Fsp3) is 0.167. The highest BCUT2D eigenvalue weighted by Gasteiger charge is 2.12. The number of aromatic amines is 1. The Morgan fingerprint density at radius 2 is 1.85 bits per heavy atom. The van der Waals surface area contributed by atoms with Crippen LogP contribution in [0.1, 0.15) is 5.56 Å². The minimum absolute atomic E-state index is 0.383. The standard InChI is InChI=1S/C18H18N4O3S/c1-23-14-6-4-5-12(9-14)11-19-22-17(20-21-18(22)26)13-7-8-15(24-2)16(10-13)25-3/h4-11H,1-3H3,(H,21,26)/b19-11-. The second-order valence-corrected chi connectivity index (χ2v) is 5.64. The van der Waals surface area contributed by atoms with Gasteiger partial charge in [-0.25, -0.2) is 5.10 Å². The van der Waals surface area contributed by atoms with Crippen LogP contribution in [0.2, 0.25) is 0 Å². The summed E-state index contributed by atoms with van der Waals surface area (Å²) in [4.78, 5) is 0. The van der Waals surface area contributed by atoms with E-state index in [1.54, 1.807) is 32.2 Å². The first-order valence-corrected chi connectivity index (χ1v) is 8.15. The maximum atomic E-state index is 5.35. The molecule has 0 atom stereocenters. The first-order valence-electron chi connectivity index (χ1n) is 7.74. The molecule has 1 heterocycles. The lowest BCUT2D eigenvalue weighted by Crippen LogP contribution is -1.97. The van der Waals surface area contributed by atoms with E-state index in [9.17, 15) is 0 Å². The molecule has 7 nitrogen and oxygen atoms in total. The first-order chi connectivity index (χ1) is 12.7. The van der Waals surface area contributed by atoms with Crippen LogP contribution in [-0.2, 0) is 0 Å². The maximum absolute atomic E-state index is 5.35. The van der Waals surface area contributed by atoms with Crippen molar-refractivity contribution in [1.29, 1.82) is 0 Å². The molecule has 3 rings (SSSR count). The van der Waals surface area contributed by atoms with Crippen molar-refractivity contribution in [3.8, 4) is 28.6 Å². The molecule has 0 spiro atoms. The smallest absolute Gasteiger partial charge is 0.216 e. The minimum atomic E-state index is 0.383. The third kappa shape index (κ3) is 3.60. The van der Waals surface area contributed by atoms with Gasteiger partial charge in [0.05, 0.1) is 27.5 Å². The normalized spacial score (nSPS) is 10.9. The maximum Gasteiger partial charge on any atom is 0.216 e. The third-order valence-corrected chi connectivity index (χ3v) is 3.97. The summed E-state index contributed by atoms with van der Waals surface area (Å²) in [5.41, 5.74) is 1.67. The molecule has 2 aromatic carbocycles. The van der Waals surface area contributed by atoms with Crippen LogP contribution in [0.15, 0.2) is 47.6 Å². The van der Waals surface area contributed by atoms with Crippen molar-refractivity contribution in [1.82, 2.24) is 14.9 Å². The lowest BCUT2D eigenvalue weighted by Gasteiger charge is -2.09. The van der Waals surface area contributed by atoms with Crippen LogP contribution in [-0.4, -0.2) is 42.4 Å². The van der Waals surface area contributed by atoms with Gasteiger partial charge in [-0.2, -0.15) is 14.9 Å². The molecule has 0 aliphatic heterocycles. The Balaban J connectivity index is 1.99. The summed E-state index contributed by atoms with van der Waals surface area (Å²) in [5.74, 6) is 2.55. The van der Waals surface area contributed by atoms with Crippen molar-refractivity contribution >= 4 is 18.4 Å². The zero-order valence-electron chi connectivity index (χ0n) is 14.6. The van der Waals surface area contributed by atoms with Crippen LogP contribution < -0.4 is 14.2 Å². The SMILES string of the molecule is COc1cccc(/C=N\n2c(-c3ccc(OC)c(OC)c3)n[nH]c2=S)c1. The van der Waals surface area contributed by atoms with Gasteiger partial charge in [0.25, 0.3) is 0 Å². The van der Waals surface area contributed by atoms with Crippen LogP contribution in [0.3, 0.4) is 0 Å². The van der Waals surface area contributed by atoms with Gasteiger partial charge in [-0.1, -0.05) is 12.1 Å². The van der Waals surface area contributed by atoms with Gasteiger partial charge in [0, 0.05) is 5.56 Å². The van der Waals surface area contributed by atoms with E-state index in [4.69, 9.17) is 26.4 Å². The van der Waals surface area contributed by atoms with Gasteiger partial charge in [0.15, 0.2) is 17.3 Å². The number of ether oxygens (including phenoxy) is 3. The summed E-state index contributed by atoms with van der Waals surface area (Å²) in [5, 5.41) is 11.5.